The Bertz CT molecular complexity index is 352. The number of nitrogens with zero attached hydrogens (tertiary/aromatic N) is 4. The van der Waals surface area contributed by atoms with E-state index in [1.807, 2.05) is 6.92 Å². The molecule has 0 fully saturated rings. The van der Waals surface area contributed by atoms with Gasteiger partial charge >= 0.3 is 0 Å². The number of rotatable bonds is 1. The van der Waals surface area contributed by atoms with Crippen molar-refractivity contribution in [1.29, 1.82) is 0 Å². The summed E-state index contributed by atoms with van der Waals surface area (Å²) in [4.78, 5) is 26.0. The number of hydrogen-bond donors (Lipinski definition) is 0. The van der Waals surface area contributed by atoms with Gasteiger partial charge in [-0.15, -0.1) is 0 Å². The molecule has 12 heavy (non-hydrogen) atoms. The fraction of sp³-hybridized carbons (Fsp3) is 0.286. The van der Waals surface area contributed by atoms with Crippen LogP contribution in [0.15, 0.2) is 20.0 Å². The minimum absolute atomic E-state index is 0.150. The SMILES string of the molecule is CC12C=NC(C=O)=NC1=NC=N2. The molecule has 5 heteroatoms. The van der Waals surface area contributed by atoms with E-state index in [2.05, 4.69) is 20.0 Å². The maximum atomic E-state index is 10.3. The van der Waals surface area contributed by atoms with Gasteiger partial charge in [0, 0.05) is 6.21 Å². The molecular formula is C7H6N4O. The van der Waals surface area contributed by atoms with Crippen LogP contribution in [0.5, 0.6) is 0 Å². The Hall–Kier alpha value is -1.65. The molecule has 0 aromatic carbocycles. The first-order chi connectivity index (χ1) is 5.74. The number of carbonyl (C=O) groups excluding carboxylic acids is 1. The van der Waals surface area contributed by atoms with Crippen LogP contribution in [-0.2, 0) is 4.79 Å². The van der Waals surface area contributed by atoms with Crippen molar-refractivity contribution in [2.24, 2.45) is 20.0 Å². The van der Waals surface area contributed by atoms with Crippen LogP contribution < -0.4 is 0 Å². The molecule has 2 aliphatic heterocycles. The normalized spacial score (nSPS) is 31.1. The molecule has 2 rings (SSSR count). The van der Waals surface area contributed by atoms with E-state index in [-0.39, 0.29) is 5.84 Å². The second kappa shape index (κ2) is 2.17. The minimum Gasteiger partial charge on any atom is -0.294 e. The minimum atomic E-state index is -0.549. The first-order valence-electron chi connectivity index (χ1n) is 3.46. The molecule has 0 spiro atoms. The Morgan fingerprint density at radius 1 is 1.58 bits per heavy atom. The summed E-state index contributed by atoms with van der Waals surface area (Å²) in [5.41, 5.74) is -0.549. The second-order valence-corrected chi connectivity index (χ2v) is 2.69. The molecule has 0 aliphatic carbocycles. The standard InChI is InChI=1S/C7H6N4O/c1-7-3-8-5(2-12)11-6(7)9-4-10-7/h2-4H,1H3. The number of aldehydes is 1. The third-order valence-electron chi connectivity index (χ3n) is 1.73. The topological polar surface area (TPSA) is 66.5 Å². The van der Waals surface area contributed by atoms with Crippen LogP contribution in [0.25, 0.3) is 0 Å². The maximum Gasteiger partial charge on any atom is 0.194 e. The van der Waals surface area contributed by atoms with Crippen molar-refractivity contribution in [2.45, 2.75) is 12.5 Å². The van der Waals surface area contributed by atoms with E-state index in [1.54, 1.807) is 6.21 Å². The lowest BCUT2D eigenvalue weighted by Gasteiger charge is -2.17. The van der Waals surface area contributed by atoms with Crippen LogP contribution in [0.1, 0.15) is 6.92 Å². The molecule has 0 bridgehead atoms. The number of hydrogen-bond acceptors (Lipinski definition) is 5. The molecule has 0 aromatic rings. The highest BCUT2D eigenvalue weighted by atomic mass is 16.1. The van der Waals surface area contributed by atoms with Gasteiger partial charge < -0.3 is 0 Å². The summed E-state index contributed by atoms with van der Waals surface area (Å²) in [5, 5.41) is 0. The molecule has 2 aliphatic rings. The third kappa shape index (κ3) is 0.827. The van der Waals surface area contributed by atoms with Crippen molar-refractivity contribution in [2.75, 3.05) is 0 Å². The van der Waals surface area contributed by atoms with E-state index in [1.165, 1.54) is 6.34 Å². The van der Waals surface area contributed by atoms with Gasteiger partial charge in [-0.2, -0.15) is 0 Å². The molecule has 60 valence electrons. The van der Waals surface area contributed by atoms with Gasteiger partial charge in [0.25, 0.3) is 0 Å². The van der Waals surface area contributed by atoms with Crippen molar-refractivity contribution in [3.8, 4) is 0 Å². The zero-order chi connectivity index (χ0) is 8.60. The van der Waals surface area contributed by atoms with Gasteiger partial charge in [-0.3, -0.25) is 9.79 Å². The average Bonchev–Trinajstić information content (AvgIpc) is 2.45. The van der Waals surface area contributed by atoms with Gasteiger partial charge in [0.1, 0.15) is 6.34 Å². The van der Waals surface area contributed by atoms with Crippen molar-refractivity contribution in [1.82, 2.24) is 0 Å². The highest BCUT2D eigenvalue weighted by Gasteiger charge is 2.33. The van der Waals surface area contributed by atoms with Crippen molar-refractivity contribution >= 4 is 30.5 Å². The summed E-state index contributed by atoms with van der Waals surface area (Å²) in [6.07, 6.45) is 3.60. The molecule has 0 radical (unpaired) electrons. The van der Waals surface area contributed by atoms with Crippen LogP contribution in [0, 0.1) is 0 Å². The Kier molecular flexibility index (Phi) is 1.27. The summed E-state index contributed by atoms with van der Waals surface area (Å²) in [7, 11) is 0. The lowest BCUT2D eigenvalue weighted by Crippen LogP contribution is -2.35. The first kappa shape index (κ1) is 7.02. The van der Waals surface area contributed by atoms with Gasteiger partial charge in [-0.05, 0) is 6.92 Å². The summed E-state index contributed by atoms with van der Waals surface area (Å²) < 4.78 is 0. The Labute approximate surface area is 68.7 Å². The van der Waals surface area contributed by atoms with Crippen LogP contribution >= 0.6 is 0 Å². The molecule has 0 amide bonds. The molecule has 0 saturated carbocycles. The van der Waals surface area contributed by atoms with Crippen molar-refractivity contribution in [3.63, 3.8) is 0 Å². The smallest absolute Gasteiger partial charge is 0.194 e. The summed E-state index contributed by atoms with van der Waals surface area (Å²) in [5.74, 6) is 0.677. The Morgan fingerprint density at radius 2 is 2.42 bits per heavy atom. The van der Waals surface area contributed by atoms with Crippen LogP contribution in [0.3, 0.4) is 0 Å². The number of amidine groups is 2. The molecular weight excluding hydrogens is 156 g/mol. The number of carbonyl (C=O) groups is 1. The van der Waals surface area contributed by atoms with E-state index in [4.69, 9.17) is 0 Å². The lowest BCUT2D eigenvalue weighted by atomic mass is 10.0. The Balaban J connectivity index is 2.45. The molecule has 1 unspecified atom stereocenters. The second-order valence-electron chi connectivity index (χ2n) is 2.69. The number of aliphatic imine (C=N–C) groups is 4. The highest BCUT2D eigenvalue weighted by Crippen LogP contribution is 2.18. The summed E-state index contributed by atoms with van der Waals surface area (Å²) >= 11 is 0. The fourth-order valence-corrected chi connectivity index (χ4v) is 1.01. The van der Waals surface area contributed by atoms with E-state index in [9.17, 15) is 4.79 Å². The molecule has 0 N–H and O–H groups in total. The van der Waals surface area contributed by atoms with Gasteiger partial charge in [0.15, 0.2) is 23.5 Å². The molecule has 0 aromatic heterocycles. The molecule has 1 atom stereocenters. The molecule has 2 heterocycles. The Morgan fingerprint density at radius 3 is 3.17 bits per heavy atom. The zero-order valence-corrected chi connectivity index (χ0v) is 6.43. The molecule has 5 nitrogen and oxygen atoms in total. The van der Waals surface area contributed by atoms with Gasteiger partial charge in [0.2, 0.25) is 0 Å². The van der Waals surface area contributed by atoms with Crippen LogP contribution in [0.2, 0.25) is 0 Å². The van der Waals surface area contributed by atoms with E-state index >= 15 is 0 Å². The van der Waals surface area contributed by atoms with Crippen molar-refractivity contribution in [3.05, 3.63) is 0 Å². The van der Waals surface area contributed by atoms with Crippen LogP contribution in [0.4, 0.5) is 0 Å². The lowest BCUT2D eigenvalue weighted by molar-refractivity contribution is -0.102. The quantitative estimate of drug-likeness (QED) is 0.495. The average molecular weight is 162 g/mol. The summed E-state index contributed by atoms with van der Waals surface area (Å²) in [6.45, 7) is 1.84. The van der Waals surface area contributed by atoms with Gasteiger partial charge in [-0.1, -0.05) is 0 Å². The van der Waals surface area contributed by atoms with E-state index in [0.717, 1.165) is 0 Å². The zero-order valence-electron chi connectivity index (χ0n) is 6.43. The van der Waals surface area contributed by atoms with E-state index < -0.39 is 5.54 Å². The van der Waals surface area contributed by atoms with Gasteiger partial charge in [0.05, 0.1) is 0 Å². The number of fused-ring (bicyclic) bond motifs is 1. The maximum absolute atomic E-state index is 10.3. The first-order valence-corrected chi connectivity index (χ1v) is 3.46. The molecule has 0 saturated heterocycles. The fourth-order valence-electron chi connectivity index (χ4n) is 1.01. The predicted octanol–water partition coefficient (Wildman–Crippen LogP) is -0.133. The third-order valence-corrected chi connectivity index (χ3v) is 1.73. The van der Waals surface area contributed by atoms with Crippen molar-refractivity contribution < 1.29 is 4.79 Å². The van der Waals surface area contributed by atoms with Gasteiger partial charge in [-0.25, -0.2) is 15.0 Å². The van der Waals surface area contributed by atoms with E-state index in [0.29, 0.717) is 12.1 Å². The summed E-state index contributed by atoms with van der Waals surface area (Å²) in [6, 6.07) is 0. The largest absolute Gasteiger partial charge is 0.294 e. The monoisotopic (exact) mass is 162 g/mol. The highest BCUT2D eigenvalue weighted by molar-refractivity contribution is 6.36. The van der Waals surface area contributed by atoms with Crippen LogP contribution in [-0.4, -0.2) is 36.0 Å². The predicted molar refractivity (Wildman–Crippen MR) is 46.3 cm³/mol.